The zero-order chi connectivity index (χ0) is 13.2. The van der Waals surface area contributed by atoms with Crippen molar-refractivity contribution >= 4 is 5.69 Å². The van der Waals surface area contributed by atoms with E-state index in [1.54, 1.807) is 18.2 Å². The van der Waals surface area contributed by atoms with E-state index < -0.39 is 4.92 Å². The van der Waals surface area contributed by atoms with E-state index in [0.29, 0.717) is 17.2 Å². The van der Waals surface area contributed by atoms with Crippen molar-refractivity contribution in [2.45, 2.75) is 0 Å². The molecule has 1 aliphatic heterocycles. The highest BCUT2D eigenvalue weighted by Crippen LogP contribution is 2.37. The minimum Gasteiger partial charge on any atom is -0.454 e. The Labute approximate surface area is 107 Å². The number of rotatable bonds is 3. The molecule has 0 atom stereocenters. The molecule has 19 heavy (non-hydrogen) atoms. The van der Waals surface area contributed by atoms with Crippen LogP contribution in [0.4, 0.5) is 5.69 Å². The molecular formula is C12H8N2O5. The molecule has 0 spiro atoms. The highest BCUT2D eigenvalue weighted by Gasteiger charge is 2.18. The number of nitro groups is 1. The van der Waals surface area contributed by atoms with E-state index in [1.807, 2.05) is 0 Å². The summed E-state index contributed by atoms with van der Waals surface area (Å²) in [5, 5.41) is 10.8. The van der Waals surface area contributed by atoms with Crippen LogP contribution in [0.5, 0.6) is 23.1 Å². The first-order valence-electron chi connectivity index (χ1n) is 5.41. The zero-order valence-corrected chi connectivity index (χ0v) is 9.61. The van der Waals surface area contributed by atoms with Crippen LogP contribution >= 0.6 is 0 Å². The molecule has 7 nitrogen and oxygen atoms in total. The summed E-state index contributed by atoms with van der Waals surface area (Å²) < 4.78 is 15.8. The third kappa shape index (κ3) is 2.13. The lowest BCUT2D eigenvalue weighted by Crippen LogP contribution is -1.95. The second-order valence-electron chi connectivity index (χ2n) is 3.70. The summed E-state index contributed by atoms with van der Waals surface area (Å²) in [6.07, 6.45) is 1.43. The van der Waals surface area contributed by atoms with Crippen LogP contribution in [0.25, 0.3) is 0 Å². The van der Waals surface area contributed by atoms with Gasteiger partial charge in [0.2, 0.25) is 6.79 Å². The van der Waals surface area contributed by atoms with Gasteiger partial charge in [-0.2, -0.15) is 0 Å². The van der Waals surface area contributed by atoms with Crippen LogP contribution < -0.4 is 14.2 Å². The van der Waals surface area contributed by atoms with Crippen molar-refractivity contribution < 1.29 is 19.1 Å². The number of pyridine rings is 1. The van der Waals surface area contributed by atoms with E-state index in [0.717, 1.165) is 0 Å². The highest BCUT2D eigenvalue weighted by atomic mass is 16.7. The summed E-state index contributed by atoms with van der Waals surface area (Å²) in [6.45, 7) is 0.155. The Hall–Kier alpha value is -2.83. The molecule has 2 heterocycles. The van der Waals surface area contributed by atoms with Gasteiger partial charge in [-0.15, -0.1) is 0 Å². The third-order valence-electron chi connectivity index (χ3n) is 2.51. The molecule has 0 N–H and O–H groups in total. The van der Waals surface area contributed by atoms with Crippen LogP contribution in [-0.4, -0.2) is 16.7 Å². The molecule has 0 bridgehead atoms. The van der Waals surface area contributed by atoms with Crippen molar-refractivity contribution in [3.8, 4) is 23.1 Å². The number of benzene rings is 1. The van der Waals surface area contributed by atoms with E-state index in [9.17, 15) is 10.1 Å². The molecule has 0 fully saturated rings. The standard InChI is InChI=1S/C12H8N2O5/c15-14(16)9-2-1-5-13-12(9)19-8-3-4-10-11(6-8)18-7-17-10/h1-6H,7H2. The van der Waals surface area contributed by atoms with Gasteiger partial charge in [0.1, 0.15) is 5.75 Å². The molecule has 3 rings (SSSR count). The Balaban J connectivity index is 1.91. The summed E-state index contributed by atoms with van der Waals surface area (Å²) in [5.41, 5.74) is -0.194. The topological polar surface area (TPSA) is 83.7 Å². The predicted molar refractivity (Wildman–Crippen MR) is 63.5 cm³/mol. The monoisotopic (exact) mass is 260 g/mol. The molecule has 0 radical (unpaired) electrons. The van der Waals surface area contributed by atoms with E-state index in [2.05, 4.69) is 4.98 Å². The van der Waals surface area contributed by atoms with Gasteiger partial charge in [0.05, 0.1) is 4.92 Å². The lowest BCUT2D eigenvalue weighted by Gasteiger charge is -2.05. The van der Waals surface area contributed by atoms with E-state index in [1.165, 1.54) is 18.3 Å². The van der Waals surface area contributed by atoms with Gasteiger partial charge in [-0.3, -0.25) is 10.1 Å². The SMILES string of the molecule is O=[N+]([O-])c1cccnc1Oc1ccc2c(c1)OCO2. The van der Waals surface area contributed by atoms with Gasteiger partial charge in [0, 0.05) is 18.3 Å². The smallest absolute Gasteiger partial charge is 0.331 e. The van der Waals surface area contributed by atoms with Crippen LogP contribution in [0.1, 0.15) is 0 Å². The molecule has 0 saturated heterocycles. The Bertz CT molecular complexity index is 644. The van der Waals surface area contributed by atoms with E-state index in [-0.39, 0.29) is 18.4 Å². The lowest BCUT2D eigenvalue weighted by molar-refractivity contribution is -0.386. The summed E-state index contributed by atoms with van der Waals surface area (Å²) in [4.78, 5) is 14.1. The van der Waals surface area contributed by atoms with Crippen molar-refractivity contribution in [1.29, 1.82) is 0 Å². The van der Waals surface area contributed by atoms with Crippen molar-refractivity contribution in [1.82, 2.24) is 4.98 Å². The van der Waals surface area contributed by atoms with Gasteiger partial charge in [-0.25, -0.2) is 4.98 Å². The molecule has 0 saturated carbocycles. The first kappa shape index (κ1) is 11.3. The van der Waals surface area contributed by atoms with Crippen molar-refractivity contribution in [3.05, 3.63) is 46.6 Å². The second kappa shape index (κ2) is 4.45. The average molecular weight is 260 g/mol. The van der Waals surface area contributed by atoms with Crippen molar-refractivity contribution in [2.24, 2.45) is 0 Å². The fraction of sp³-hybridized carbons (Fsp3) is 0.0833. The molecular weight excluding hydrogens is 252 g/mol. The molecule has 0 amide bonds. The van der Waals surface area contributed by atoms with Gasteiger partial charge >= 0.3 is 5.69 Å². The minimum absolute atomic E-state index is 0.0636. The summed E-state index contributed by atoms with van der Waals surface area (Å²) in [5.74, 6) is 1.48. The number of nitrogens with zero attached hydrogens (tertiary/aromatic N) is 2. The van der Waals surface area contributed by atoms with Crippen LogP contribution in [-0.2, 0) is 0 Å². The normalized spacial score (nSPS) is 12.2. The van der Waals surface area contributed by atoms with Crippen molar-refractivity contribution in [3.63, 3.8) is 0 Å². The molecule has 1 aliphatic rings. The maximum Gasteiger partial charge on any atom is 0.331 e. The maximum absolute atomic E-state index is 10.8. The third-order valence-corrected chi connectivity index (χ3v) is 2.51. The number of fused-ring (bicyclic) bond motifs is 1. The largest absolute Gasteiger partial charge is 0.454 e. The van der Waals surface area contributed by atoms with Crippen LogP contribution in [0, 0.1) is 10.1 Å². The van der Waals surface area contributed by atoms with Gasteiger partial charge in [0.15, 0.2) is 11.5 Å². The first-order chi connectivity index (χ1) is 9.24. The minimum atomic E-state index is -0.546. The molecule has 1 aromatic heterocycles. The maximum atomic E-state index is 10.8. The molecule has 1 aromatic carbocycles. The number of hydrogen-bond acceptors (Lipinski definition) is 6. The molecule has 2 aromatic rings. The Morgan fingerprint density at radius 3 is 2.95 bits per heavy atom. The number of ether oxygens (including phenoxy) is 3. The van der Waals surface area contributed by atoms with E-state index >= 15 is 0 Å². The Morgan fingerprint density at radius 1 is 1.26 bits per heavy atom. The number of hydrogen-bond donors (Lipinski definition) is 0. The van der Waals surface area contributed by atoms with Gasteiger partial charge < -0.3 is 14.2 Å². The van der Waals surface area contributed by atoms with Crippen LogP contribution in [0.3, 0.4) is 0 Å². The van der Waals surface area contributed by atoms with Crippen LogP contribution in [0.2, 0.25) is 0 Å². The fourth-order valence-electron chi connectivity index (χ4n) is 1.65. The number of aromatic nitrogens is 1. The van der Waals surface area contributed by atoms with Gasteiger partial charge in [-0.05, 0) is 18.2 Å². The highest BCUT2D eigenvalue weighted by molar-refractivity contribution is 5.49. The zero-order valence-electron chi connectivity index (χ0n) is 9.61. The average Bonchev–Trinajstić information content (AvgIpc) is 2.86. The molecule has 0 unspecified atom stereocenters. The summed E-state index contributed by atoms with van der Waals surface area (Å²) in [7, 11) is 0. The van der Waals surface area contributed by atoms with E-state index in [4.69, 9.17) is 14.2 Å². The fourth-order valence-corrected chi connectivity index (χ4v) is 1.65. The van der Waals surface area contributed by atoms with Crippen LogP contribution in [0.15, 0.2) is 36.5 Å². The molecule has 96 valence electrons. The van der Waals surface area contributed by atoms with Crippen molar-refractivity contribution in [2.75, 3.05) is 6.79 Å². The second-order valence-corrected chi connectivity index (χ2v) is 3.70. The predicted octanol–water partition coefficient (Wildman–Crippen LogP) is 2.51. The Kier molecular flexibility index (Phi) is 2.64. The first-order valence-corrected chi connectivity index (χ1v) is 5.41. The summed E-state index contributed by atoms with van der Waals surface area (Å²) >= 11 is 0. The Morgan fingerprint density at radius 2 is 2.11 bits per heavy atom. The van der Waals surface area contributed by atoms with Gasteiger partial charge in [0.25, 0.3) is 5.88 Å². The lowest BCUT2D eigenvalue weighted by atomic mass is 10.3. The summed E-state index contributed by atoms with van der Waals surface area (Å²) in [6, 6.07) is 7.71. The molecule has 7 heteroatoms. The quantitative estimate of drug-likeness (QED) is 0.622. The van der Waals surface area contributed by atoms with Gasteiger partial charge in [-0.1, -0.05) is 0 Å². The molecule has 0 aliphatic carbocycles.